The van der Waals surface area contributed by atoms with E-state index in [4.69, 9.17) is 0 Å². The number of carbonyl (C=O) groups is 2. The smallest absolute Gasteiger partial charge is 0.376 e. The third kappa shape index (κ3) is 4.09. The van der Waals surface area contributed by atoms with Gasteiger partial charge in [0.25, 0.3) is 0 Å². The van der Waals surface area contributed by atoms with Crippen LogP contribution in [0.25, 0.3) is 0 Å². The van der Waals surface area contributed by atoms with Crippen LogP contribution in [0.15, 0.2) is 18.3 Å². The summed E-state index contributed by atoms with van der Waals surface area (Å²) in [5.41, 5.74) is -5.56. The van der Waals surface area contributed by atoms with Gasteiger partial charge in [-0.3, -0.25) is 14.9 Å². The number of nitrogens with zero attached hydrogens (tertiary/aromatic N) is 1. The zero-order valence-corrected chi connectivity index (χ0v) is 12.1. The number of aromatic nitrogens is 1. The highest BCUT2D eigenvalue weighted by atomic mass is 32.2. The van der Waals surface area contributed by atoms with Gasteiger partial charge >= 0.3 is 15.6 Å². The molecule has 8 nitrogen and oxygen atoms in total. The van der Waals surface area contributed by atoms with Crippen LogP contribution in [-0.2, 0) is 19.7 Å². The van der Waals surface area contributed by atoms with Crippen LogP contribution in [-0.4, -0.2) is 36.8 Å². The SMILES string of the molecule is O=C1CCC(Nc2cc(OS(=O)(=O)C(F)(F)F)ccn2)C(=O)N1. The first kappa shape index (κ1) is 17.0. The largest absolute Gasteiger partial charge is 0.534 e. The number of rotatable bonds is 4. The number of alkyl halides is 3. The van der Waals surface area contributed by atoms with Gasteiger partial charge in [0.2, 0.25) is 11.8 Å². The van der Waals surface area contributed by atoms with Gasteiger partial charge in [-0.1, -0.05) is 0 Å². The minimum absolute atomic E-state index is 0.0747. The Labute approximate surface area is 128 Å². The number of anilines is 1. The van der Waals surface area contributed by atoms with E-state index in [1.165, 1.54) is 0 Å². The molecule has 0 bridgehead atoms. The molecule has 2 heterocycles. The minimum atomic E-state index is -5.80. The second-order valence-corrected chi connectivity index (χ2v) is 6.05. The molecular formula is C11H10F3N3O5S. The summed E-state index contributed by atoms with van der Waals surface area (Å²) in [5, 5.41) is 4.66. The Morgan fingerprint density at radius 3 is 2.65 bits per heavy atom. The molecule has 0 aromatic carbocycles. The van der Waals surface area contributed by atoms with Crippen molar-refractivity contribution >= 4 is 27.8 Å². The van der Waals surface area contributed by atoms with E-state index >= 15 is 0 Å². The molecule has 1 aliphatic heterocycles. The molecule has 1 unspecified atom stereocenters. The van der Waals surface area contributed by atoms with Crippen LogP contribution in [0.1, 0.15) is 12.8 Å². The maximum atomic E-state index is 12.3. The maximum absolute atomic E-state index is 12.3. The van der Waals surface area contributed by atoms with E-state index in [0.717, 1.165) is 18.3 Å². The summed E-state index contributed by atoms with van der Waals surface area (Å²) in [5.74, 6) is -1.74. The molecule has 1 aromatic rings. The number of piperidine rings is 1. The Hall–Kier alpha value is -2.37. The number of amides is 2. The monoisotopic (exact) mass is 353 g/mol. The predicted octanol–water partition coefficient (Wildman–Crippen LogP) is 0.527. The van der Waals surface area contributed by atoms with E-state index in [-0.39, 0.29) is 18.7 Å². The molecule has 1 aromatic heterocycles. The van der Waals surface area contributed by atoms with E-state index in [1.54, 1.807) is 0 Å². The molecule has 2 amide bonds. The fourth-order valence-corrected chi connectivity index (χ4v) is 2.18. The third-order valence-electron chi connectivity index (χ3n) is 2.78. The summed E-state index contributed by atoms with van der Waals surface area (Å²) in [6.07, 6.45) is 1.26. The van der Waals surface area contributed by atoms with Crippen molar-refractivity contribution < 1.29 is 35.4 Å². The van der Waals surface area contributed by atoms with Crippen molar-refractivity contribution in [3.8, 4) is 5.75 Å². The van der Waals surface area contributed by atoms with Crippen molar-refractivity contribution in [3.63, 3.8) is 0 Å². The van der Waals surface area contributed by atoms with Crippen molar-refractivity contribution in [1.82, 2.24) is 10.3 Å². The van der Waals surface area contributed by atoms with Crippen LogP contribution in [0.4, 0.5) is 19.0 Å². The van der Waals surface area contributed by atoms with Gasteiger partial charge in [0.1, 0.15) is 17.6 Å². The fourth-order valence-electron chi connectivity index (χ4n) is 1.73. The molecule has 1 atom stereocenters. The first-order valence-corrected chi connectivity index (χ1v) is 7.56. The van der Waals surface area contributed by atoms with Gasteiger partial charge in [-0.15, -0.1) is 0 Å². The van der Waals surface area contributed by atoms with Gasteiger partial charge in [0, 0.05) is 24.8 Å². The van der Waals surface area contributed by atoms with Crippen molar-refractivity contribution in [2.75, 3.05) is 5.32 Å². The molecular weight excluding hydrogens is 343 g/mol. The molecule has 2 N–H and O–H groups in total. The lowest BCUT2D eigenvalue weighted by Gasteiger charge is -2.22. The normalized spacial score (nSPS) is 19.2. The second-order valence-electron chi connectivity index (χ2n) is 4.51. The highest BCUT2D eigenvalue weighted by Gasteiger charge is 2.48. The van der Waals surface area contributed by atoms with Crippen LogP contribution in [0.5, 0.6) is 5.75 Å². The van der Waals surface area contributed by atoms with Gasteiger partial charge in [0.15, 0.2) is 0 Å². The Morgan fingerprint density at radius 2 is 2.04 bits per heavy atom. The number of imide groups is 1. The number of hydrogen-bond acceptors (Lipinski definition) is 7. The van der Waals surface area contributed by atoms with E-state index in [1.807, 2.05) is 0 Å². The van der Waals surface area contributed by atoms with Crippen LogP contribution in [0.3, 0.4) is 0 Å². The van der Waals surface area contributed by atoms with Crippen LogP contribution >= 0.6 is 0 Å². The molecule has 12 heteroatoms. The number of carbonyl (C=O) groups excluding carboxylic acids is 2. The standard InChI is InChI=1S/C11H10F3N3O5S/c12-11(13,14)23(20,21)22-6-3-4-15-8(5-6)16-7-1-2-9(18)17-10(7)19/h3-5,7H,1-2H2,(H,15,16)(H,17,18,19). The van der Waals surface area contributed by atoms with Crippen LogP contribution < -0.4 is 14.8 Å². The number of pyridine rings is 1. The lowest BCUT2D eigenvalue weighted by molar-refractivity contribution is -0.133. The molecule has 2 rings (SSSR count). The number of nitrogens with one attached hydrogen (secondary N) is 2. The lowest BCUT2D eigenvalue weighted by atomic mass is 10.1. The molecule has 0 spiro atoms. The van der Waals surface area contributed by atoms with E-state index < -0.39 is 39.2 Å². The van der Waals surface area contributed by atoms with Crippen LogP contribution in [0, 0.1) is 0 Å². The summed E-state index contributed by atoms with van der Waals surface area (Å²) in [6.45, 7) is 0. The first-order chi connectivity index (χ1) is 10.6. The summed E-state index contributed by atoms with van der Waals surface area (Å²) < 4.78 is 62.5. The number of halogens is 3. The average Bonchev–Trinajstić information content (AvgIpc) is 2.40. The summed E-state index contributed by atoms with van der Waals surface area (Å²) in [4.78, 5) is 26.3. The predicted molar refractivity (Wildman–Crippen MR) is 69.6 cm³/mol. The third-order valence-corrected chi connectivity index (χ3v) is 3.76. The zero-order chi connectivity index (χ0) is 17.3. The number of hydrogen-bond donors (Lipinski definition) is 2. The quantitative estimate of drug-likeness (QED) is 0.461. The fraction of sp³-hybridized carbons (Fsp3) is 0.364. The molecule has 23 heavy (non-hydrogen) atoms. The molecule has 0 aliphatic carbocycles. The van der Waals surface area contributed by atoms with Gasteiger partial charge < -0.3 is 9.50 Å². The molecule has 1 saturated heterocycles. The first-order valence-electron chi connectivity index (χ1n) is 6.15. The molecule has 1 fully saturated rings. The van der Waals surface area contributed by atoms with Gasteiger partial charge in [-0.2, -0.15) is 21.6 Å². The average molecular weight is 353 g/mol. The van der Waals surface area contributed by atoms with Crippen molar-refractivity contribution in [2.24, 2.45) is 0 Å². The highest BCUT2D eigenvalue weighted by molar-refractivity contribution is 7.88. The van der Waals surface area contributed by atoms with Gasteiger partial charge in [0.05, 0.1) is 0 Å². The lowest BCUT2D eigenvalue weighted by Crippen LogP contribution is -2.47. The van der Waals surface area contributed by atoms with E-state index in [9.17, 15) is 31.2 Å². The Balaban J connectivity index is 2.12. The van der Waals surface area contributed by atoms with Gasteiger partial charge in [-0.05, 0) is 6.42 Å². The Bertz CT molecular complexity index is 735. The highest BCUT2D eigenvalue weighted by Crippen LogP contribution is 2.27. The molecule has 1 aliphatic rings. The minimum Gasteiger partial charge on any atom is -0.376 e. The van der Waals surface area contributed by atoms with E-state index in [0.29, 0.717) is 0 Å². The maximum Gasteiger partial charge on any atom is 0.534 e. The van der Waals surface area contributed by atoms with Crippen molar-refractivity contribution in [3.05, 3.63) is 18.3 Å². The molecule has 126 valence electrons. The topological polar surface area (TPSA) is 114 Å². The summed E-state index contributed by atoms with van der Waals surface area (Å²) >= 11 is 0. The summed E-state index contributed by atoms with van der Waals surface area (Å²) in [7, 11) is -5.80. The Morgan fingerprint density at radius 1 is 1.35 bits per heavy atom. The zero-order valence-electron chi connectivity index (χ0n) is 11.3. The van der Waals surface area contributed by atoms with Crippen molar-refractivity contribution in [1.29, 1.82) is 0 Å². The van der Waals surface area contributed by atoms with Gasteiger partial charge in [-0.25, -0.2) is 4.98 Å². The van der Waals surface area contributed by atoms with Crippen molar-refractivity contribution in [2.45, 2.75) is 24.4 Å². The van der Waals surface area contributed by atoms with E-state index in [2.05, 4.69) is 19.8 Å². The Kier molecular flexibility index (Phi) is 4.45. The second kappa shape index (κ2) is 6.02. The molecule has 0 saturated carbocycles. The summed E-state index contributed by atoms with van der Waals surface area (Å²) in [6, 6.07) is 0.987. The van der Waals surface area contributed by atoms with Crippen LogP contribution in [0.2, 0.25) is 0 Å². The molecule has 0 radical (unpaired) electrons.